The zero-order chi connectivity index (χ0) is 21.3. The van der Waals surface area contributed by atoms with E-state index in [4.69, 9.17) is 4.74 Å². The van der Waals surface area contributed by atoms with Gasteiger partial charge in [-0.15, -0.1) is 0 Å². The van der Waals surface area contributed by atoms with Gasteiger partial charge in [0.1, 0.15) is 16.4 Å². The van der Waals surface area contributed by atoms with Crippen LogP contribution in [0.3, 0.4) is 0 Å². The number of benzene rings is 1. The van der Waals surface area contributed by atoms with Crippen LogP contribution in [0.5, 0.6) is 0 Å². The first-order valence-electron chi connectivity index (χ1n) is 9.52. The van der Waals surface area contributed by atoms with E-state index in [0.717, 1.165) is 5.69 Å². The van der Waals surface area contributed by atoms with Crippen LogP contribution in [0, 0.1) is 19.7 Å². The average molecular weight is 424 g/mol. The first kappa shape index (κ1) is 21.3. The molecule has 0 amide bonds. The molecule has 0 unspecified atom stereocenters. The Balaban J connectivity index is 1.84. The summed E-state index contributed by atoms with van der Waals surface area (Å²) in [4.78, 5) is 14.5. The summed E-state index contributed by atoms with van der Waals surface area (Å²) in [5.41, 5.74) is 2.03. The lowest BCUT2D eigenvalue weighted by molar-refractivity contribution is 0.0514. The van der Waals surface area contributed by atoms with Crippen molar-refractivity contribution in [2.75, 3.05) is 37.7 Å². The lowest BCUT2D eigenvalue weighted by Gasteiger charge is -2.35. The van der Waals surface area contributed by atoms with Crippen LogP contribution in [-0.4, -0.2) is 56.0 Å². The Morgan fingerprint density at radius 1 is 1.10 bits per heavy atom. The maximum absolute atomic E-state index is 13.4. The zero-order valence-electron chi connectivity index (χ0n) is 17.1. The zero-order valence-corrected chi connectivity index (χ0v) is 17.9. The van der Waals surface area contributed by atoms with Crippen LogP contribution in [0.4, 0.5) is 10.1 Å². The molecule has 0 bridgehead atoms. The van der Waals surface area contributed by atoms with E-state index >= 15 is 0 Å². The van der Waals surface area contributed by atoms with Crippen LogP contribution in [-0.2, 0) is 21.8 Å². The van der Waals surface area contributed by atoms with Crippen LogP contribution in [0.1, 0.15) is 28.7 Å². The summed E-state index contributed by atoms with van der Waals surface area (Å²) in [7, 11) is -2.10. The Bertz CT molecular complexity index is 1010. The molecule has 9 heteroatoms. The normalized spacial score (nSPS) is 15.6. The van der Waals surface area contributed by atoms with E-state index in [9.17, 15) is 17.6 Å². The molecule has 7 nitrogen and oxygen atoms in total. The summed E-state index contributed by atoms with van der Waals surface area (Å²) in [6.45, 7) is 6.88. The number of piperazine rings is 1. The molecule has 2 heterocycles. The molecule has 1 aromatic carbocycles. The molecule has 29 heavy (non-hydrogen) atoms. The van der Waals surface area contributed by atoms with Gasteiger partial charge in [-0.3, -0.25) is 0 Å². The molecule has 0 N–H and O–H groups in total. The quantitative estimate of drug-likeness (QED) is 0.691. The Morgan fingerprint density at radius 2 is 1.69 bits per heavy atom. The maximum atomic E-state index is 13.4. The highest BCUT2D eigenvalue weighted by molar-refractivity contribution is 7.89. The number of nitrogens with zero attached hydrogens (tertiary/aromatic N) is 3. The number of carbonyl (C=O) groups excluding carboxylic acids is 1. The van der Waals surface area contributed by atoms with Crippen molar-refractivity contribution in [2.24, 2.45) is 7.05 Å². The van der Waals surface area contributed by atoms with Gasteiger partial charge in [-0.1, -0.05) is 0 Å². The van der Waals surface area contributed by atoms with Crippen LogP contribution in [0.25, 0.3) is 0 Å². The molecule has 0 saturated carbocycles. The fraction of sp³-hybridized carbons (Fsp3) is 0.450. The summed E-state index contributed by atoms with van der Waals surface area (Å²) < 4.78 is 48.0. The van der Waals surface area contributed by atoms with Crippen LogP contribution in [0.2, 0.25) is 0 Å². The molecular weight excluding hydrogens is 397 g/mol. The van der Waals surface area contributed by atoms with Crippen molar-refractivity contribution in [3.05, 3.63) is 47.0 Å². The van der Waals surface area contributed by atoms with Gasteiger partial charge in [0.05, 0.1) is 6.61 Å². The van der Waals surface area contributed by atoms with Crippen molar-refractivity contribution in [2.45, 2.75) is 25.7 Å². The van der Waals surface area contributed by atoms with E-state index in [2.05, 4.69) is 0 Å². The number of carbonyl (C=O) groups is 1. The van der Waals surface area contributed by atoms with Crippen molar-refractivity contribution in [3.8, 4) is 0 Å². The summed E-state index contributed by atoms with van der Waals surface area (Å²) in [5, 5.41) is 0. The van der Waals surface area contributed by atoms with Gasteiger partial charge in [0, 0.05) is 50.2 Å². The summed E-state index contributed by atoms with van der Waals surface area (Å²) in [5.74, 6) is -0.833. The van der Waals surface area contributed by atoms with E-state index in [1.165, 1.54) is 16.4 Å². The van der Waals surface area contributed by atoms with E-state index in [-0.39, 0.29) is 23.0 Å². The van der Waals surface area contributed by atoms with E-state index in [1.807, 2.05) is 4.90 Å². The predicted molar refractivity (Wildman–Crippen MR) is 108 cm³/mol. The number of hydrogen-bond acceptors (Lipinski definition) is 5. The molecule has 1 aliphatic rings. The van der Waals surface area contributed by atoms with Gasteiger partial charge in [-0.05, 0) is 45.0 Å². The highest BCUT2D eigenvalue weighted by atomic mass is 32.2. The number of sulfonamides is 1. The van der Waals surface area contributed by atoms with Crippen LogP contribution in [0.15, 0.2) is 29.2 Å². The number of esters is 1. The minimum absolute atomic E-state index is 0.165. The van der Waals surface area contributed by atoms with Crippen molar-refractivity contribution in [1.29, 1.82) is 0 Å². The van der Waals surface area contributed by atoms with Gasteiger partial charge in [-0.25, -0.2) is 17.6 Å². The SMILES string of the molecule is CCOC(=O)c1c(C)c(S(=O)(=O)N2CCN(c3ccc(F)cc3)CC2)c(C)n1C. The van der Waals surface area contributed by atoms with Gasteiger partial charge in [-0.2, -0.15) is 4.31 Å². The Morgan fingerprint density at radius 3 is 2.24 bits per heavy atom. The molecule has 0 aliphatic carbocycles. The lowest BCUT2D eigenvalue weighted by Crippen LogP contribution is -2.48. The van der Waals surface area contributed by atoms with Crippen LogP contribution < -0.4 is 4.90 Å². The Labute approximate surface area is 170 Å². The number of anilines is 1. The molecule has 1 aliphatic heterocycles. The summed E-state index contributed by atoms with van der Waals surface area (Å²) in [6, 6.07) is 6.17. The standard InChI is InChI=1S/C20H26FN3O4S/c1-5-28-20(25)18-14(2)19(15(3)22(18)4)29(26,27)24-12-10-23(11-13-24)17-8-6-16(21)7-9-17/h6-9H,5,10-13H2,1-4H3. The second kappa shape index (κ2) is 8.16. The number of rotatable bonds is 5. The van der Waals surface area contributed by atoms with E-state index in [1.54, 1.807) is 44.5 Å². The van der Waals surface area contributed by atoms with Gasteiger partial charge in [0.25, 0.3) is 0 Å². The molecule has 158 valence electrons. The fourth-order valence-electron chi connectivity index (χ4n) is 3.79. The highest BCUT2D eigenvalue weighted by Crippen LogP contribution is 2.30. The average Bonchev–Trinajstić information content (AvgIpc) is 2.92. The second-order valence-corrected chi connectivity index (χ2v) is 8.91. The Kier molecular flexibility index (Phi) is 6.00. The number of hydrogen-bond donors (Lipinski definition) is 0. The number of halogens is 1. The smallest absolute Gasteiger partial charge is 0.355 e. The first-order chi connectivity index (χ1) is 13.7. The number of aromatic nitrogens is 1. The minimum Gasteiger partial charge on any atom is -0.461 e. The van der Waals surface area contributed by atoms with Crippen molar-refractivity contribution in [3.63, 3.8) is 0 Å². The van der Waals surface area contributed by atoms with Gasteiger partial charge < -0.3 is 14.2 Å². The molecule has 0 atom stereocenters. The maximum Gasteiger partial charge on any atom is 0.355 e. The first-order valence-corrected chi connectivity index (χ1v) is 11.0. The molecule has 3 rings (SSSR count). The minimum atomic E-state index is -3.77. The molecule has 0 spiro atoms. The van der Waals surface area contributed by atoms with Crippen molar-refractivity contribution >= 4 is 21.7 Å². The molecule has 1 saturated heterocycles. The van der Waals surface area contributed by atoms with Gasteiger partial charge in [0.15, 0.2) is 0 Å². The Hall–Kier alpha value is -2.39. The third kappa shape index (κ3) is 3.89. The molecule has 2 aromatic rings. The predicted octanol–water partition coefficient (Wildman–Crippen LogP) is 2.47. The molecule has 1 fully saturated rings. The highest BCUT2D eigenvalue weighted by Gasteiger charge is 2.35. The van der Waals surface area contributed by atoms with Crippen molar-refractivity contribution in [1.82, 2.24) is 8.87 Å². The molecule has 0 radical (unpaired) electrons. The fourth-order valence-corrected chi connectivity index (χ4v) is 5.68. The molecule has 1 aromatic heterocycles. The largest absolute Gasteiger partial charge is 0.461 e. The van der Waals surface area contributed by atoms with E-state index < -0.39 is 16.0 Å². The third-order valence-corrected chi connectivity index (χ3v) is 7.52. The topological polar surface area (TPSA) is 71.8 Å². The number of ether oxygens (including phenoxy) is 1. The monoisotopic (exact) mass is 423 g/mol. The van der Waals surface area contributed by atoms with Crippen LogP contribution >= 0.6 is 0 Å². The summed E-state index contributed by atoms with van der Waals surface area (Å²) in [6.07, 6.45) is 0. The lowest BCUT2D eigenvalue weighted by atomic mass is 10.2. The van der Waals surface area contributed by atoms with E-state index in [0.29, 0.717) is 37.4 Å². The van der Waals surface area contributed by atoms with Gasteiger partial charge in [0.2, 0.25) is 10.0 Å². The van der Waals surface area contributed by atoms with Gasteiger partial charge >= 0.3 is 5.97 Å². The van der Waals surface area contributed by atoms with Crippen molar-refractivity contribution < 1.29 is 22.3 Å². The second-order valence-electron chi connectivity index (χ2n) is 7.04. The summed E-state index contributed by atoms with van der Waals surface area (Å²) >= 11 is 0. The third-order valence-electron chi connectivity index (χ3n) is 5.36. The molecular formula is C20H26FN3O4S.